The summed E-state index contributed by atoms with van der Waals surface area (Å²) in [7, 11) is 0. The molecule has 0 fully saturated rings. The Hall–Kier alpha value is -4.18. The molecule has 0 unspecified atom stereocenters. The smallest absolute Gasteiger partial charge is 0.341 e. The summed E-state index contributed by atoms with van der Waals surface area (Å²) < 4.78 is 44.0. The van der Waals surface area contributed by atoms with E-state index in [-0.39, 0.29) is 11.2 Å². The zero-order chi connectivity index (χ0) is 23.9. The van der Waals surface area contributed by atoms with E-state index >= 15 is 0 Å². The summed E-state index contributed by atoms with van der Waals surface area (Å²) in [5, 5.41) is 10.5. The van der Waals surface area contributed by atoms with Gasteiger partial charge in [0, 0.05) is 17.8 Å². The highest BCUT2D eigenvalue weighted by Crippen LogP contribution is 2.27. The number of carbonyl (C=O) groups excluding carboxylic acids is 1. The SMILES string of the molecule is O=C(Nc1cc(-n2cc(C(=O)O)c(=O)c3cc(F)c(Cl)nc32)c(F)cc1F)c1ccccc1. The second-order valence-electron chi connectivity index (χ2n) is 6.78. The number of hydrogen-bond donors (Lipinski definition) is 2. The van der Waals surface area contributed by atoms with Crippen molar-refractivity contribution < 1.29 is 27.9 Å². The Labute approximate surface area is 187 Å². The fraction of sp³-hybridized carbons (Fsp3) is 0. The Morgan fingerprint density at radius 1 is 1.00 bits per heavy atom. The Bertz CT molecular complexity index is 1510. The van der Waals surface area contributed by atoms with Gasteiger partial charge in [0.1, 0.15) is 17.2 Å². The van der Waals surface area contributed by atoms with Gasteiger partial charge in [-0.05, 0) is 24.3 Å². The number of aromatic nitrogens is 2. The number of carboxylic acids is 1. The fourth-order valence-electron chi connectivity index (χ4n) is 3.14. The number of fused-ring (bicyclic) bond motifs is 1. The number of carboxylic acid groups (broad SMARTS) is 1. The molecular formula is C22H11ClF3N3O4. The third kappa shape index (κ3) is 4.03. The third-order valence-electron chi connectivity index (χ3n) is 4.70. The number of rotatable bonds is 4. The average Bonchev–Trinajstić information content (AvgIpc) is 2.78. The number of benzene rings is 2. The Morgan fingerprint density at radius 2 is 1.70 bits per heavy atom. The van der Waals surface area contributed by atoms with Gasteiger partial charge in [-0.1, -0.05) is 29.8 Å². The van der Waals surface area contributed by atoms with Gasteiger partial charge in [0.2, 0.25) is 5.43 Å². The predicted octanol–water partition coefficient (Wildman–Crippen LogP) is 4.41. The summed E-state index contributed by atoms with van der Waals surface area (Å²) >= 11 is 5.71. The van der Waals surface area contributed by atoms with Crippen LogP contribution in [0.5, 0.6) is 0 Å². The number of hydrogen-bond acceptors (Lipinski definition) is 4. The molecule has 0 bridgehead atoms. The summed E-state index contributed by atoms with van der Waals surface area (Å²) in [4.78, 5) is 40.2. The van der Waals surface area contributed by atoms with E-state index in [4.69, 9.17) is 11.6 Å². The molecule has 0 saturated carbocycles. The minimum Gasteiger partial charge on any atom is -0.477 e. The molecule has 0 aliphatic rings. The molecule has 0 saturated heterocycles. The standard InChI is InChI=1S/C22H11ClF3N3O4/c23-19-15(26)6-11-18(30)12(22(32)33)9-29(20(11)28-19)17-8-16(13(24)7-14(17)25)27-21(31)10-4-2-1-3-5-10/h1-9H,(H,27,31)(H,32,33). The van der Waals surface area contributed by atoms with Gasteiger partial charge >= 0.3 is 5.97 Å². The minimum absolute atomic E-state index is 0.202. The van der Waals surface area contributed by atoms with E-state index in [1.165, 1.54) is 12.1 Å². The summed E-state index contributed by atoms with van der Waals surface area (Å²) in [6.45, 7) is 0. The van der Waals surface area contributed by atoms with E-state index in [2.05, 4.69) is 10.3 Å². The van der Waals surface area contributed by atoms with E-state index in [1.54, 1.807) is 18.2 Å². The largest absolute Gasteiger partial charge is 0.477 e. The lowest BCUT2D eigenvalue weighted by Crippen LogP contribution is -2.20. The van der Waals surface area contributed by atoms with Crippen molar-refractivity contribution in [3.8, 4) is 5.69 Å². The molecule has 4 aromatic rings. The molecule has 33 heavy (non-hydrogen) atoms. The second-order valence-corrected chi connectivity index (χ2v) is 7.14. The van der Waals surface area contributed by atoms with Gasteiger partial charge in [-0.2, -0.15) is 0 Å². The molecule has 0 spiro atoms. The maximum absolute atomic E-state index is 14.8. The van der Waals surface area contributed by atoms with Crippen molar-refractivity contribution in [2.75, 3.05) is 5.32 Å². The van der Waals surface area contributed by atoms with Crippen LogP contribution in [0.4, 0.5) is 18.9 Å². The van der Waals surface area contributed by atoms with E-state index in [0.717, 1.165) is 16.8 Å². The van der Waals surface area contributed by atoms with Crippen molar-refractivity contribution >= 4 is 40.2 Å². The normalized spacial score (nSPS) is 10.9. The van der Waals surface area contributed by atoms with Gasteiger partial charge in [-0.15, -0.1) is 0 Å². The van der Waals surface area contributed by atoms with Crippen LogP contribution in [0.15, 0.2) is 59.5 Å². The van der Waals surface area contributed by atoms with Crippen LogP contribution < -0.4 is 10.7 Å². The number of aromatic carboxylic acids is 1. The monoisotopic (exact) mass is 473 g/mol. The third-order valence-corrected chi connectivity index (χ3v) is 4.96. The van der Waals surface area contributed by atoms with Gasteiger partial charge < -0.3 is 10.4 Å². The number of halogens is 4. The molecule has 0 aliphatic carbocycles. The molecular weight excluding hydrogens is 463 g/mol. The molecule has 7 nitrogen and oxygen atoms in total. The summed E-state index contributed by atoms with van der Waals surface area (Å²) in [5.41, 5.74) is -2.96. The number of nitrogens with one attached hydrogen (secondary N) is 1. The van der Waals surface area contributed by atoms with E-state index in [1.807, 2.05) is 0 Å². The lowest BCUT2D eigenvalue weighted by atomic mass is 10.1. The molecule has 0 atom stereocenters. The van der Waals surface area contributed by atoms with E-state index < -0.39 is 62.2 Å². The molecule has 11 heteroatoms. The van der Waals surface area contributed by atoms with Crippen LogP contribution in [0.25, 0.3) is 16.7 Å². The van der Waals surface area contributed by atoms with Crippen molar-refractivity contribution in [2.24, 2.45) is 0 Å². The van der Waals surface area contributed by atoms with E-state index in [9.17, 15) is 32.7 Å². The molecule has 0 radical (unpaired) electrons. The van der Waals surface area contributed by atoms with Crippen LogP contribution in [0.2, 0.25) is 5.15 Å². The van der Waals surface area contributed by atoms with Crippen LogP contribution in [0, 0.1) is 17.5 Å². The fourth-order valence-corrected chi connectivity index (χ4v) is 3.27. The lowest BCUT2D eigenvalue weighted by Gasteiger charge is -2.15. The first-order valence-electron chi connectivity index (χ1n) is 9.18. The van der Waals surface area contributed by atoms with Gasteiger partial charge in [0.25, 0.3) is 5.91 Å². The summed E-state index contributed by atoms with van der Waals surface area (Å²) in [6.07, 6.45) is 0.757. The average molecular weight is 474 g/mol. The highest BCUT2D eigenvalue weighted by Gasteiger charge is 2.21. The molecule has 4 rings (SSSR count). The molecule has 2 aromatic carbocycles. The molecule has 2 heterocycles. The number of anilines is 1. The van der Waals surface area contributed by atoms with Gasteiger partial charge in [0.15, 0.2) is 16.6 Å². The first kappa shape index (κ1) is 22.0. The number of nitrogens with zero attached hydrogens (tertiary/aromatic N) is 2. The van der Waals surface area contributed by atoms with Crippen LogP contribution >= 0.6 is 11.6 Å². The Balaban J connectivity index is 1.94. The van der Waals surface area contributed by atoms with Crippen molar-refractivity contribution in [3.05, 3.63) is 98.7 Å². The maximum Gasteiger partial charge on any atom is 0.341 e. The minimum atomic E-state index is -1.66. The van der Waals surface area contributed by atoms with E-state index in [0.29, 0.717) is 12.1 Å². The first-order chi connectivity index (χ1) is 15.7. The molecule has 2 N–H and O–H groups in total. The van der Waals surface area contributed by atoms with Crippen molar-refractivity contribution in [3.63, 3.8) is 0 Å². The topological polar surface area (TPSA) is 101 Å². The van der Waals surface area contributed by atoms with Gasteiger partial charge in [0.05, 0.1) is 16.8 Å². The highest BCUT2D eigenvalue weighted by molar-refractivity contribution is 6.29. The van der Waals surface area contributed by atoms with Gasteiger partial charge in [-0.3, -0.25) is 14.2 Å². The predicted molar refractivity (Wildman–Crippen MR) is 114 cm³/mol. The molecule has 0 aliphatic heterocycles. The van der Waals surface area contributed by atoms with Crippen LogP contribution in [0.1, 0.15) is 20.7 Å². The number of amides is 1. The van der Waals surface area contributed by atoms with Crippen molar-refractivity contribution in [1.29, 1.82) is 0 Å². The van der Waals surface area contributed by atoms with Crippen LogP contribution in [0.3, 0.4) is 0 Å². The highest BCUT2D eigenvalue weighted by atomic mass is 35.5. The number of carbonyl (C=O) groups is 2. The van der Waals surface area contributed by atoms with Gasteiger partial charge in [-0.25, -0.2) is 22.9 Å². The molecule has 2 aromatic heterocycles. The summed E-state index contributed by atoms with van der Waals surface area (Å²) in [5.74, 6) is -5.72. The Morgan fingerprint density at radius 3 is 2.36 bits per heavy atom. The second kappa shape index (κ2) is 8.40. The number of pyridine rings is 2. The molecule has 166 valence electrons. The zero-order valence-electron chi connectivity index (χ0n) is 16.3. The Kier molecular flexibility index (Phi) is 5.60. The summed E-state index contributed by atoms with van der Waals surface area (Å²) in [6, 6.07) is 9.85. The lowest BCUT2D eigenvalue weighted by molar-refractivity contribution is 0.0694. The van der Waals surface area contributed by atoms with Crippen molar-refractivity contribution in [2.45, 2.75) is 0 Å². The molecule has 1 amide bonds. The quantitative estimate of drug-likeness (QED) is 0.428. The maximum atomic E-state index is 14.8. The van der Waals surface area contributed by atoms with Crippen molar-refractivity contribution in [1.82, 2.24) is 9.55 Å². The first-order valence-corrected chi connectivity index (χ1v) is 9.55. The van der Waals surface area contributed by atoms with Crippen LogP contribution in [-0.4, -0.2) is 26.5 Å². The van der Waals surface area contributed by atoms with Crippen LogP contribution in [-0.2, 0) is 0 Å². The zero-order valence-corrected chi connectivity index (χ0v) is 17.0.